The molecule has 0 N–H and O–H groups in total. The fourth-order valence-electron chi connectivity index (χ4n) is 4.26. The third-order valence-corrected chi connectivity index (χ3v) is 6.39. The molecule has 3 aromatic heterocycles. The lowest BCUT2D eigenvalue weighted by molar-refractivity contribution is 0.218. The zero-order valence-electron chi connectivity index (χ0n) is 19.7. The van der Waals surface area contributed by atoms with E-state index >= 15 is 0 Å². The number of anilines is 2. The van der Waals surface area contributed by atoms with Gasteiger partial charge in [0, 0.05) is 46.4 Å². The Balaban J connectivity index is 1.33. The van der Waals surface area contributed by atoms with Crippen LogP contribution in [-0.4, -0.2) is 27.0 Å². The normalized spacial score (nSPS) is 11.1. The van der Waals surface area contributed by atoms with Gasteiger partial charge in [-0.05, 0) is 54.6 Å². The molecule has 0 aliphatic rings. The third-order valence-electron chi connectivity index (χ3n) is 6.14. The predicted molar refractivity (Wildman–Crippen MR) is 147 cm³/mol. The monoisotopic (exact) mass is 505 g/mol. The van der Waals surface area contributed by atoms with Crippen molar-refractivity contribution >= 4 is 44.9 Å². The molecule has 0 unspecified atom stereocenters. The van der Waals surface area contributed by atoms with Crippen molar-refractivity contribution in [2.75, 3.05) is 11.9 Å². The van der Waals surface area contributed by atoms with Gasteiger partial charge in [0.15, 0.2) is 11.6 Å². The maximum atomic E-state index is 12.4. The molecule has 6 rings (SSSR count). The second-order valence-corrected chi connectivity index (χ2v) is 8.88. The molecule has 0 saturated carbocycles. The topological polar surface area (TPSA) is 73.1 Å². The van der Waals surface area contributed by atoms with Crippen LogP contribution in [0, 0.1) is 0 Å². The van der Waals surface area contributed by atoms with E-state index in [0.29, 0.717) is 21.8 Å². The average molecular weight is 506 g/mol. The van der Waals surface area contributed by atoms with E-state index in [-0.39, 0.29) is 5.56 Å². The Morgan fingerprint density at radius 2 is 1.57 bits per heavy atom. The largest absolute Gasteiger partial charge is 0.372 e. The smallest absolute Gasteiger partial charge is 0.284 e. The number of pyridine rings is 2. The zero-order chi connectivity index (χ0) is 25.4. The van der Waals surface area contributed by atoms with Gasteiger partial charge < -0.3 is 9.74 Å². The van der Waals surface area contributed by atoms with Gasteiger partial charge in [-0.15, -0.1) is 14.9 Å². The van der Waals surface area contributed by atoms with Gasteiger partial charge in [0.2, 0.25) is 0 Å². The molecule has 0 saturated heterocycles. The molecule has 0 fully saturated rings. The molecule has 37 heavy (non-hydrogen) atoms. The van der Waals surface area contributed by atoms with Crippen molar-refractivity contribution in [3.05, 3.63) is 119 Å². The summed E-state index contributed by atoms with van der Waals surface area (Å²) in [6.45, 7) is 0. The number of hydrogen-bond donors (Lipinski definition) is 0. The minimum absolute atomic E-state index is 0.274. The van der Waals surface area contributed by atoms with Gasteiger partial charge in [-0.1, -0.05) is 48.0 Å². The lowest BCUT2D eigenvalue weighted by atomic mass is 10.0. The number of fused-ring (bicyclic) bond motifs is 2. The number of halogens is 1. The molecule has 0 atom stereocenters. The first-order chi connectivity index (χ1) is 18.1. The van der Waals surface area contributed by atoms with E-state index in [1.54, 1.807) is 24.4 Å². The molecule has 3 aromatic carbocycles. The quantitative estimate of drug-likeness (QED) is 0.275. The SMILES string of the molecule is CN(c1ccc(On2c(=O)ccc3ncccc32)cc1)c1nnc(-c2ccc(Cl)cc2)c2ccccc12. The Bertz CT molecular complexity index is 1800. The molecule has 0 radical (unpaired) electrons. The second-order valence-electron chi connectivity index (χ2n) is 8.44. The van der Waals surface area contributed by atoms with Crippen LogP contribution in [0.2, 0.25) is 5.02 Å². The molecule has 0 aliphatic carbocycles. The standard InChI is InChI=1S/C29H20ClN5O2/c1-34(29-24-6-3-2-5-23(24)28(32-33-29)19-8-10-20(30)11-9-19)21-12-14-22(15-13-21)37-35-26-7-4-18-31-25(26)16-17-27(35)36/h2-18H,1H3. The van der Waals surface area contributed by atoms with Gasteiger partial charge in [-0.25, -0.2) is 0 Å². The number of benzene rings is 3. The van der Waals surface area contributed by atoms with Crippen LogP contribution in [0.4, 0.5) is 11.5 Å². The third kappa shape index (κ3) is 4.26. The Kier molecular flexibility index (Phi) is 5.75. The lowest BCUT2D eigenvalue weighted by Crippen LogP contribution is -2.23. The highest BCUT2D eigenvalue weighted by Crippen LogP contribution is 2.34. The fraction of sp³-hybridized carbons (Fsp3) is 0.0345. The molecule has 180 valence electrons. The first kappa shape index (κ1) is 22.7. The van der Waals surface area contributed by atoms with Crippen molar-refractivity contribution in [3.63, 3.8) is 0 Å². The summed E-state index contributed by atoms with van der Waals surface area (Å²) in [5, 5.41) is 11.8. The van der Waals surface area contributed by atoms with Gasteiger partial charge in [-0.3, -0.25) is 9.78 Å². The summed E-state index contributed by atoms with van der Waals surface area (Å²) < 4.78 is 1.25. The molecule has 0 bridgehead atoms. The lowest BCUT2D eigenvalue weighted by Gasteiger charge is -2.21. The average Bonchev–Trinajstić information content (AvgIpc) is 2.94. The summed E-state index contributed by atoms with van der Waals surface area (Å²) in [6, 6.07) is 29.8. The highest BCUT2D eigenvalue weighted by molar-refractivity contribution is 6.30. The molecular formula is C29H20ClN5O2. The Hall–Kier alpha value is -4.75. The predicted octanol–water partition coefficient (Wildman–Crippen LogP) is 6.27. The summed E-state index contributed by atoms with van der Waals surface area (Å²) in [7, 11) is 1.94. The van der Waals surface area contributed by atoms with Crippen molar-refractivity contribution in [2.45, 2.75) is 0 Å². The van der Waals surface area contributed by atoms with Gasteiger partial charge in [0.05, 0.1) is 5.52 Å². The van der Waals surface area contributed by atoms with Crippen LogP contribution in [0.15, 0.2) is 108 Å². The fourth-order valence-corrected chi connectivity index (χ4v) is 4.38. The van der Waals surface area contributed by atoms with E-state index in [4.69, 9.17) is 16.4 Å². The van der Waals surface area contributed by atoms with Crippen LogP contribution in [0.25, 0.3) is 33.1 Å². The van der Waals surface area contributed by atoms with E-state index < -0.39 is 0 Å². The van der Waals surface area contributed by atoms with Crippen LogP contribution in [0.5, 0.6) is 5.75 Å². The maximum absolute atomic E-state index is 12.4. The van der Waals surface area contributed by atoms with E-state index in [1.165, 1.54) is 10.8 Å². The van der Waals surface area contributed by atoms with E-state index in [0.717, 1.165) is 33.5 Å². The Morgan fingerprint density at radius 1 is 0.811 bits per heavy atom. The highest BCUT2D eigenvalue weighted by atomic mass is 35.5. The van der Waals surface area contributed by atoms with Crippen LogP contribution < -0.4 is 15.3 Å². The molecule has 0 spiro atoms. The number of nitrogens with zero attached hydrogens (tertiary/aromatic N) is 5. The molecular weight excluding hydrogens is 486 g/mol. The number of aromatic nitrogens is 4. The highest BCUT2D eigenvalue weighted by Gasteiger charge is 2.15. The van der Waals surface area contributed by atoms with Crippen LogP contribution in [-0.2, 0) is 0 Å². The van der Waals surface area contributed by atoms with E-state index in [2.05, 4.69) is 15.2 Å². The van der Waals surface area contributed by atoms with Crippen LogP contribution >= 0.6 is 11.6 Å². The summed E-state index contributed by atoms with van der Waals surface area (Å²) in [4.78, 5) is 24.6. The summed E-state index contributed by atoms with van der Waals surface area (Å²) in [5.74, 6) is 1.24. The molecule has 0 aliphatic heterocycles. The zero-order valence-corrected chi connectivity index (χ0v) is 20.5. The summed E-state index contributed by atoms with van der Waals surface area (Å²) in [6.07, 6.45) is 1.68. The summed E-state index contributed by atoms with van der Waals surface area (Å²) >= 11 is 6.07. The molecule has 6 aromatic rings. The van der Waals surface area contributed by atoms with Crippen LogP contribution in [0.3, 0.4) is 0 Å². The van der Waals surface area contributed by atoms with Gasteiger partial charge in [0.25, 0.3) is 5.56 Å². The van der Waals surface area contributed by atoms with Gasteiger partial charge in [-0.2, -0.15) is 0 Å². The molecule has 8 heteroatoms. The van der Waals surface area contributed by atoms with Crippen molar-refractivity contribution in [1.82, 2.24) is 19.9 Å². The molecule has 0 amide bonds. The molecule has 7 nitrogen and oxygen atoms in total. The minimum Gasteiger partial charge on any atom is -0.372 e. The van der Waals surface area contributed by atoms with E-state index in [9.17, 15) is 4.79 Å². The second kappa shape index (κ2) is 9.37. The number of rotatable bonds is 5. The molecule has 3 heterocycles. The van der Waals surface area contributed by atoms with Gasteiger partial charge in [0.1, 0.15) is 11.2 Å². The number of hydrogen-bond acceptors (Lipinski definition) is 6. The first-order valence-electron chi connectivity index (χ1n) is 11.6. The Labute approximate surface area is 217 Å². The minimum atomic E-state index is -0.274. The first-order valence-corrected chi connectivity index (χ1v) is 12.0. The van der Waals surface area contributed by atoms with E-state index in [1.807, 2.05) is 84.7 Å². The van der Waals surface area contributed by atoms with Gasteiger partial charge >= 0.3 is 0 Å². The summed E-state index contributed by atoms with van der Waals surface area (Å²) in [5.41, 5.74) is 3.62. The van der Waals surface area contributed by atoms with Crippen molar-refractivity contribution in [2.24, 2.45) is 0 Å². The van der Waals surface area contributed by atoms with Crippen molar-refractivity contribution < 1.29 is 4.84 Å². The van der Waals surface area contributed by atoms with Crippen molar-refractivity contribution in [1.29, 1.82) is 0 Å². The Morgan fingerprint density at radius 3 is 2.35 bits per heavy atom. The maximum Gasteiger partial charge on any atom is 0.284 e. The van der Waals surface area contributed by atoms with Crippen molar-refractivity contribution in [3.8, 4) is 17.0 Å². The van der Waals surface area contributed by atoms with Crippen LogP contribution in [0.1, 0.15) is 0 Å².